The second-order valence-electron chi connectivity index (χ2n) is 7.88. The summed E-state index contributed by atoms with van der Waals surface area (Å²) >= 11 is 1.12. The number of carbonyl (C=O) groups excluding carboxylic acids is 2. The van der Waals surface area contributed by atoms with Crippen molar-refractivity contribution in [3.63, 3.8) is 0 Å². The van der Waals surface area contributed by atoms with Crippen molar-refractivity contribution in [3.8, 4) is 0 Å². The van der Waals surface area contributed by atoms with Gasteiger partial charge < -0.3 is 10.2 Å². The van der Waals surface area contributed by atoms with Gasteiger partial charge in [-0.2, -0.15) is 0 Å². The maximum Gasteiger partial charge on any atom is 0.276 e. The molecule has 2 amide bonds. The van der Waals surface area contributed by atoms with Crippen LogP contribution in [0.15, 0.2) is 54.2 Å². The molecule has 1 fully saturated rings. The van der Waals surface area contributed by atoms with E-state index in [-0.39, 0.29) is 30.1 Å². The Morgan fingerprint density at radius 3 is 2.48 bits per heavy atom. The minimum Gasteiger partial charge on any atom is -0.351 e. The average molecular weight is 436 g/mol. The molecule has 0 bridgehead atoms. The van der Waals surface area contributed by atoms with Crippen molar-refractivity contribution in [1.82, 2.24) is 24.8 Å². The molecule has 8 heteroatoms. The van der Waals surface area contributed by atoms with Crippen molar-refractivity contribution in [2.75, 3.05) is 0 Å². The van der Waals surface area contributed by atoms with E-state index in [9.17, 15) is 9.59 Å². The first-order valence-corrected chi connectivity index (χ1v) is 11.3. The van der Waals surface area contributed by atoms with Crippen LogP contribution >= 0.6 is 11.5 Å². The van der Waals surface area contributed by atoms with Crippen molar-refractivity contribution in [2.24, 2.45) is 0 Å². The van der Waals surface area contributed by atoms with Crippen LogP contribution in [-0.2, 0) is 11.3 Å². The Bertz CT molecular complexity index is 1000. The zero-order chi connectivity index (χ0) is 21.6. The maximum absolute atomic E-state index is 13.5. The first kappa shape index (κ1) is 21.1. The van der Waals surface area contributed by atoms with Gasteiger partial charge in [0.25, 0.3) is 5.91 Å². The van der Waals surface area contributed by atoms with E-state index in [4.69, 9.17) is 0 Å². The Morgan fingerprint density at radius 1 is 1.13 bits per heavy atom. The summed E-state index contributed by atoms with van der Waals surface area (Å²) in [6, 6.07) is 10.9. The molecule has 7 nitrogen and oxygen atoms in total. The van der Waals surface area contributed by atoms with E-state index in [1.807, 2.05) is 31.2 Å². The summed E-state index contributed by atoms with van der Waals surface area (Å²) in [6.45, 7) is 2.30. The average Bonchev–Trinajstić information content (AvgIpc) is 3.49. The second-order valence-corrected chi connectivity index (χ2v) is 8.49. The van der Waals surface area contributed by atoms with Crippen LogP contribution in [0.25, 0.3) is 0 Å². The van der Waals surface area contributed by atoms with Gasteiger partial charge in [-0.25, -0.2) is 0 Å². The van der Waals surface area contributed by atoms with Crippen LogP contribution in [0.1, 0.15) is 58.9 Å². The molecule has 31 heavy (non-hydrogen) atoms. The van der Waals surface area contributed by atoms with Gasteiger partial charge in [0, 0.05) is 30.4 Å². The summed E-state index contributed by atoms with van der Waals surface area (Å²) in [5.41, 5.74) is 3.03. The summed E-state index contributed by atoms with van der Waals surface area (Å²) in [5.74, 6) is -0.501. The number of rotatable bonds is 7. The van der Waals surface area contributed by atoms with E-state index in [1.54, 1.807) is 34.8 Å². The summed E-state index contributed by atoms with van der Waals surface area (Å²) in [5, 5.41) is 8.75. The van der Waals surface area contributed by atoms with E-state index < -0.39 is 6.04 Å². The molecule has 0 radical (unpaired) electrons. The molecule has 2 aromatic heterocycles. The number of benzene rings is 1. The van der Waals surface area contributed by atoms with Crippen molar-refractivity contribution in [3.05, 3.63) is 76.6 Å². The van der Waals surface area contributed by atoms with Crippen LogP contribution in [0.5, 0.6) is 0 Å². The summed E-state index contributed by atoms with van der Waals surface area (Å²) in [6.07, 6.45) is 7.45. The molecule has 0 saturated heterocycles. The molecular formula is C23H25N5O2S. The Labute approximate surface area is 185 Å². The van der Waals surface area contributed by atoms with E-state index in [1.165, 1.54) is 0 Å². The fraction of sp³-hybridized carbons (Fsp3) is 0.348. The predicted molar refractivity (Wildman–Crippen MR) is 118 cm³/mol. The minimum atomic E-state index is -0.792. The molecule has 160 valence electrons. The number of pyridine rings is 1. The predicted octanol–water partition coefficient (Wildman–Crippen LogP) is 3.68. The maximum atomic E-state index is 13.5. The van der Waals surface area contributed by atoms with Gasteiger partial charge in [0.15, 0.2) is 5.69 Å². The van der Waals surface area contributed by atoms with Gasteiger partial charge in [-0.15, -0.1) is 5.10 Å². The zero-order valence-electron chi connectivity index (χ0n) is 17.4. The van der Waals surface area contributed by atoms with Crippen LogP contribution in [0.3, 0.4) is 0 Å². The number of aromatic nitrogens is 3. The van der Waals surface area contributed by atoms with E-state index in [2.05, 4.69) is 19.9 Å². The molecule has 4 rings (SSSR count). The van der Waals surface area contributed by atoms with Crippen LogP contribution in [0.2, 0.25) is 0 Å². The first-order chi connectivity index (χ1) is 15.1. The monoisotopic (exact) mass is 435 g/mol. The summed E-state index contributed by atoms with van der Waals surface area (Å²) in [7, 11) is 0. The summed E-state index contributed by atoms with van der Waals surface area (Å²) in [4.78, 5) is 32.6. The lowest BCUT2D eigenvalue weighted by molar-refractivity contribution is -0.126. The third-order valence-electron chi connectivity index (χ3n) is 5.60. The van der Waals surface area contributed by atoms with Crippen LogP contribution < -0.4 is 5.32 Å². The molecule has 1 atom stereocenters. The van der Waals surface area contributed by atoms with Gasteiger partial charge in [-0.05, 0) is 54.6 Å². The molecule has 3 aromatic rings. The fourth-order valence-electron chi connectivity index (χ4n) is 3.94. The molecular weight excluding hydrogens is 410 g/mol. The normalized spacial score (nSPS) is 14.9. The smallest absolute Gasteiger partial charge is 0.276 e. The molecule has 1 aliphatic carbocycles. The Kier molecular flexibility index (Phi) is 6.66. The first-order valence-electron chi connectivity index (χ1n) is 10.5. The van der Waals surface area contributed by atoms with Gasteiger partial charge in [-0.3, -0.25) is 14.6 Å². The molecule has 1 N–H and O–H groups in total. The number of nitrogens with zero attached hydrogens (tertiary/aromatic N) is 4. The fourth-order valence-corrected chi connectivity index (χ4v) is 4.37. The molecule has 1 unspecified atom stereocenters. The van der Waals surface area contributed by atoms with Gasteiger partial charge >= 0.3 is 0 Å². The van der Waals surface area contributed by atoms with Gasteiger partial charge in [0.05, 0.1) is 0 Å². The quantitative estimate of drug-likeness (QED) is 0.612. The zero-order valence-corrected chi connectivity index (χ0v) is 18.2. The number of hydrogen-bond donors (Lipinski definition) is 1. The van der Waals surface area contributed by atoms with Crippen molar-refractivity contribution in [2.45, 2.75) is 51.2 Å². The van der Waals surface area contributed by atoms with Gasteiger partial charge in [0.2, 0.25) is 5.91 Å². The van der Waals surface area contributed by atoms with Gasteiger partial charge in [0.1, 0.15) is 6.04 Å². The van der Waals surface area contributed by atoms with Gasteiger partial charge in [-0.1, -0.05) is 47.2 Å². The minimum absolute atomic E-state index is 0.147. The topological polar surface area (TPSA) is 88.1 Å². The Balaban J connectivity index is 1.71. The highest BCUT2D eigenvalue weighted by Crippen LogP contribution is 2.27. The lowest BCUT2D eigenvalue weighted by atomic mass is 10.0. The Morgan fingerprint density at radius 2 is 1.84 bits per heavy atom. The van der Waals surface area contributed by atoms with Crippen molar-refractivity contribution >= 4 is 23.3 Å². The van der Waals surface area contributed by atoms with Crippen molar-refractivity contribution < 1.29 is 9.59 Å². The molecule has 0 aliphatic heterocycles. The number of hydrogen-bond acceptors (Lipinski definition) is 6. The largest absolute Gasteiger partial charge is 0.351 e. The molecule has 1 aromatic carbocycles. The third kappa shape index (κ3) is 5.14. The number of nitrogens with one attached hydrogen (secondary N) is 1. The summed E-state index contributed by atoms with van der Waals surface area (Å²) < 4.78 is 3.84. The second kappa shape index (κ2) is 9.78. The third-order valence-corrected chi connectivity index (χ3v) is 6.10. The van der Waals surface area contributed by atoms with E-state index >= 15 is 0 Å². The number of amides is 2. The lowest BCUT2D eigenvalue weighted by Crippen LogP contribution is -2.46. The highest BCUT2D eigenvalue weighted by Gasteiger charge is 2.34. The number of carbonyl (C=O) groups is 2. The Hall–Kier alpha value is -3.13. The molecule has 0 spiro atoms. The number of aryl methyl sites for hydroxylation is 1. The lowest BCUT2D eigenvalue weighted by Gasteiger charge is -2.31. The highest BCUT2D eigenvalue weighted by molar-refractivity contribution is 7.03. The van der Waals surface area contributed by atoms with Crippen LogP contribution in [0.4, 0.5) is 0 Å². The SMILES string of the molecule is Cc1ccc(CN(C(=O)c2csnn2)C(C(=O)NC2CCCC2)c2ccncc2)cc1. The van der Waals surface area contributed by atoms with Crippen molar-refractivity contribution in [1.29, 1.82) is 0 Å². The highest BCUT2D eigenvalue weighted by atomic mass is 32.1. The molecule has 2 heterocycles. The van der Waals surface area contributed by atoms with Crippen LogP contribution in [-0.4, -0.2) is 37.3 Å². The van der Waals surface area contributed by atoms with E-state index in [0.29, 0.717) is 5.56 Å². The van der Waals surface area contributed by atoms with Crippen LogP contribution in [0, 0.1) is 6.92 Å². The van der Waals surface area contributed by atoms with E-state index in [0.717, 1.165) is 48.3 Å². The molecule has 1 saturated carbocycles. The standard InChI is InChI=1S/C23H25N5O2S/c1-16-6-8-17(9-7-16)14-28(23(30)20-15-31-27-26-20)21(18-10-12-24-13-11-18)22(29)25-19-4-2-3-5-19/h6-13,15,19,21H,2-5,14H2,1H3,(H,25,29). The molecule has 1 aliphatic rings.